The third kappa shape index (κ3) is 4.71. The third-order valence-corrected chi connectivity index (χ3v) is 6.18. The molecule has 0 radical (unpaired) electrons. The summed E-state index contributed by atoms with van der Waals surface area (Å²) >= 11 is 0. The summed E-state index contributed by atoms with van der Waals surface area (Å²) in [5, 5.41) is 8.95. The molecule has 4 rings (SSSR count). The Bertz CT molecular complexity index is 993. The summed E-state index contributed by atoms with van der Waals surface area (Å²) < 4.78 is 2.20. The van der Waals surface area contributed by atoms with Crippen LogP contribution in [0.4, 0.5) is 0 Å². The molecule has 1 aliphatic carbocycles. The van der Waals surface area contributed by atoms with Gasteiger partial charge in [-0.25, -0.2) is 4.98 Å². The number of benzene rings is 1. The molecule has 0 bridgehead atoms. The maximum atomic E-state index is 12.7. The minimum atomic E-state index is 0.250. The second-order valence-electron chi connectivity index (χ2n) is 8.46. The van der Waals surface area contributed by atoms with E-state index in [0.29, 0.717) is 23.8 Å². The predicted molar refractivity (Wildman–Crippen MR) is 116 cm³/mol. The molecule has 2 aliphatic rings. The van der Waals surface area contributed by atoms with Crippen molar-refractivity contribution in [3.05, 3.63) is 77.5 Å². The maximum Gasteiger partial charge on any atom is 0.227 e. The second-order valence-corrected chi connectivity index (χ2v) is 8.46. The number of aryl methyl sites for hydroxylation is 1. The summed E-state index contributed by atoms with van der Waals surface area (Å²) in [4.78, 5) is 19.0. The number of allylic oxidation sites excluding steroid dienone is 3. The van der Waals surface area contributed by atoms with E-state index in [-0.39, 0.29) is 5.91 Å². The van der Waals surface area contributed by atoms with Crippen molar-refractivity contribution in [3.8, 4) is 6.07 Å². The van der Waals surface area contributed by atoms with Gasteiger partial charge in [0.05, 0.1) is 18.0 Å². The molecular weight excluding hydrogens is 372 g/mol. The van der Waals surface area contributed by atoms with Crippen LogP contribution in [0.2, 0.25) is 0 Å². The number of hydrogen-bond acceptors (Lipinski definition) is 3. The molecule has 5 nitrogen and oxygen atoms in total. The van der Waals surface area contributed by atoms with Crippen LogP contribution in [0.15, 0.2) is 60.7 Å². The number of piperidine rings is 1. The molecule has 1 fully saturated rings. The van der Waals surface area contributed by atoms with Gasteiger partial charge in [0.15, 0.2) is 0 Å². The number of rotatable bonds is 6. The van der Waals surface area contributed by atoms with Crippen molar-refractivity contribution < 1.29 is 4.79 Å². The fourth-order valence-corrected chi connectivity index (χ4v) is 4.26. The number of carbonyl (C=O) groups excluding carboxylic acids is 1. The number of nitrogens with zero attached hydrogens (tertiary/aromatic N) is 4. The molecule has 0 saturated carbocycles. The van der Waals surface area contributed by atoms with Crippen LogP contribution in [0.1, 0.15) is 49.4 Å². The van der Waals surface area contributed by atoms with Crippen molar-refractivity contribution in [1.29, 1.82) is 5.26 Å². The number of hydrogen-bond donors (Lipinski definition) is 0. The summed E-state index contributed by atoms with van der Waals surface area (Å²) in [6.07, 6.45) is 14.8. The average Bonchev–Trinajstić information content (AvgIpc) is 3.20. The van der Waals surface area contributed by atoms with Crippen molar-refractivity contribution >= 4 is 5.91 Å². The van der Waals surface area contributed by atoms with Gasteiger partial charge in [0.1, 0.15) is 0 Å². The molecule has 2 heterocycles. The van der Waals surface area contributed by atoms with E-state index in [0.717, 1.165) is 50.2 Å². The number of carbonyl (C=O) groups is 1. The first kappa shape index (κ1) is 20.2. The van der Waals surface area contributed by atoms with Crippen molar-refractivity contribution in [1.82, 2.24) is 14.5 Å². The third-order valence-electron chi connectivity index (χ3n) is 6.18. The number of imidazole rings is 1. The van der Waals surface area contributed by atoms with Crippen LogP contribution in [0.5, 0.6) is 0 Å². The molecule has 0 N–H and O–H groups in total. The molecule has 1 aromatic carbocycles. The van der Waals surface area contributed by atoms with E-state index in [1.54, 1.807) is 0 Å². The molecule has 1 aromatic heterocycles. The molecule has 1 aliphatic heterocycles. The smallest absolute Gasteiger partial charge is 0.227 e. The van der Waals surface area contributed by atoms with E-state index in [1.165, 1.54) is 5.56 Å². The molecule has 30 heavy (non-hydrogen) atoms. The topological polar surface area (TPSA) is 61.9 Å². The molecule has 1 saturated heterocycles. The highest BCUT2D eigenvalue weighted by atomic mass is 16.2. The average molecular weight is 401 g/mol. The number of likely N-dealkylation sites (tertiary alicyclic amines) is 1. The van der Waals surface area contributed by atoms with Crippen molar-refractivity contribution in [3.63, 3.8) is 0 Å². The summed E-state index contributed by atoms with van der Waals surface area (Å²) in [5.74, 6) is 1.24. The van der Waals surface area contributed by atoms with Crippen molar-refractivity contribution in [2.75, 3.05) is 6.54 Å². The largest absolute Gasteiger partial charge is 0.334 e. The van der Waals surface area contributed by atoms with Crippen LogP contribution in [-0.4, -0.2) is 26.9 Å². The van der Waals surface area contributed by atoms with E-state index in [2.05, 4.69) is 40.8 Å². The standard InChI is InChI=1S/C25H28N4O/c1-19-2-8-23(9-3-19)29-13-11-21(15-25(29)30)10-12-28-18-27-17-24(28)14-20-4-6-22(16-26)7-5-20/h2,4-9,17-19,21H,3,10-15H2,1H3. The van der Waals surface area contributed by atoms with E-state index in [4.69, 9.17) is 5.26 Å². The van der Waals surface area contributed by atoms with E-state index >= 15 is 0 Å². The van der Waals surface area contributed by atoms with Gasteiger partial charge in [-0.1, -0.05) is 31.2 Å². The molecule has 2 atom stereocenters. The van der Waals surface area contributed by atoms with Gasteiger partial charge in [-0.15, -0.1) is 0 Å². The lowest BCUT2D eigenvalue weighted by Gasteiger charge is -2.33. The van der Waals surface area contributed by atoms with Crippen LogP contribution in [0.3, 0.4) is 0 Å². The Kier molecular flexibility index (Phi) is 6.13. The van der Waals surface area contributed by atoms with Gasteiger partial charge in [-0.2, -0.15) is 5.26 Å². The fraction of sp³-hybridized carbons (Fsp3) is 0.400. The Morgan fingerprint density at radius 1 is 1.27 bits per heavy atom. The molecule has 1 amide bonds. The zero-order valence-corrected chi connectivity index (χ0v) is 17.5. The first-order valence-electron chi connectivity index (χ1n) is 10.8. The Hall–Kier alpha value is -3.13. The minimum Gasteiger partial charge on any atom is -0.334 e. The van der Waals surface area contributed by atoms with Gasteiger partial charge in [0.25, 0.3) is 0 Å². The van der Waals surface area contributed by atoms with Gasteiger partial charge in [-0.05, 0) is 54.9 Å². The lowest BCUT2D eigenvalue weighted by atomic mass is 9.91. The van der Waals surface area contributed by atoms with Crippen LogP contribution in [0, 0.1) is 23.2 Å². The minimum absolute atomic E-state index is 0.250. The van der Waals surface area contributed by atoms with Gasteiger partial charge < -0.3 is 9.47 Å². The lowest BCUT2D eigenvalue weighted by molar-refractivity contribution is -0.132. The predicted octanol–water partition coefficient (Wildman–Crippen LogP) is 4.45. The van der Waals surface area contributed by atoms with Crippen LogP contribution >= 0.6 is 0 Å². The van der Waals surface area contributed by atoms with E-state index in [1.807, 2.05) is 41.7 Å². The zero-order chi connectivity index (χ0) is 20.9. The molecule has 154 valence electrons. The van der Waals surface area contributed by atoms with Gasteiger partial charge in [-0.3, -0.25) is 4.79 Å². The van der Waals surface area contributed by atoms with Crippen LogP contribution < -0.4 is 0 Å². The monoisotopic (exact) mass is 400 g/mol. The first-order valence-corrected chi connectivity index (χ1v) is 10.8. The van der Waals surface area contributed by atoms with Crippen LogP contribution in [-0.2, 0) is 17.8 Å². The van der Waals surface area contributed by atoms with Crippen molar-refractivity contribution in [2.45, 2.75) is 45.6 Å². The number of nitriles is 1. The highest BCUT2D eigenvalue weighted by Gasteiger charge is 2.27. The molecule has 2 aromatic rings. The quantitative estimate of drug-likeness (QED) is 0.719. The lowest BCUT2D eigenvalue weighted by Crippen LogP contribution is -2.38. The molecule has 5 heteroatoms. The van der Waals surface area contributed by atoms with Crippen molar-refractivity contribution in [2.24, 2.45) is 11.8 Å². The Morgan fingerprint density at radius 3 is 2.80 bits per heavy atom. The highest BCUT2D eigenvalue weighted by molar-refractivity contribution is 5.79. The van der Waals surface area contributed by atoms with Gasteiger partial charge >= 0.3 is 0 Å². The summed E-state index contributed by atoms with van der Waals surface area (Å²) in [7, 11) is 0. The second kappa shape index (κ2) is 9.13. The maximum absolute atomic E-state index is 12.7. The van der Waals surface area contributed by atoms with Crippen LogP contribution in [0.25, 0.3) is 0 Å². The normalized spacial score (nSPS) is 21.4. The number of aromatic nitrogens is 2. The van der Waals surface area contributed by atoms with E-state index in [9.17, 15) is 4.79 Å². The SMILES string of the molecule is CC1C=CC(N2CCC(CCn3cncc3Cc3ccc(C#N)cc3)CC2=O)=CC1. The molecular formula is C25H28N4O. The number of amides is 1. The molecule has 0 spiro atoms. The summed E-state index contributed by atoms with van der Waals surface area (Å²) in [6, 6.07) is 9.86. The van der Waals surface area contributed by atoms with E-state index < -0.39 is 0 Å². The highest BCUT2D eigenvalue weighted by Crippen LogP contribution is 2.28. The Balaban J connectivity index is 1.31. The van der Waals surface area contributed by atoms with Gasteiger partial charge in [0, 0.05) is 43.5 Å². The first-order chi connectivity index (χ1) is 14.6. The molecule has 2 unspecified atom stereocenters. The summed E-state index contributed by atoms with van der Waals surface area (Å²) in [6.45, 7) is 3.89. The Morgan fingerprint density at radius 2 is 2.10 bits per heavy atom. The fourth-order valence-electron chi connectivity index (χ4n) is 4.26. The van der Waals surface area contributed by atoms with Gasteiger partial charge in [0.2, 0.25) is 5.91 Å². The Labute approximate surface area is 178 Å². The summed E-state index contributed by atoms with van der Waals surface area (Å²) in [5.41, 5.74) is 4.09. The zero-order valence-electron chi connectivity index (χ0n) is 17.5.